The fourth-order valence-electron chi connectivity index (χ4n) is 4.51. The number of hydrogen-bond donors (Lipinski definition) is 2. The van der Waals surface area contributed by atoms with E-state index in [-0.39, 0.29) is 24.7 Å². The Morgan fingerprint density at radius 3 is 1.49 bits per heavy atom. The van der Waals surface area contributed by atoms with E-state index >= 15 is 0 Å². The van der Waals surface area contributed by atoms with Crippen LogP contribution in [0.4, 0.5) is 11.6 Å². The molecule has 5 heterocycles. The van der Waals surface area contributed by atoms with E-state index in [1.807, 2.05) is 60.7 Å². The van der Waals surface area contributed by atoms with E-state index in [2.05, 4.69) is 31.0 Å². The second kappa shape index (κ2) is 15.4. The van der Waals surface area contributed by atoms with Crippen molar-refractivity contribution in [2.75, 3.05) is 37.1 Å². The van der Waals surface area contributed by atoms with Gasteiger partial charge in [0.1, 0.15) is 24.7 Å². The number of rotatable bonds is 0. The van der Waals surface area contributed by atoms with Gasteiger partial charge in [-0.05, 0) is 85.3 Å². The Hall–Kier alpha value is -4.90. The minimum absolute atomic E-state index is 0.184. The van der Waals surface area contributed by atoms with Crippen LogP contribution < -0.4 is 20.1 Å². The number of carbonyl (C=O) groups is 2. The maximum atomic E-state index is 12.6. The summed E-state index contributed by atoms with van der Waals surface area (Å²) < 4.78 is 17.2. The molecule has 4 aromatic rings. The molecule has 3 aliphatic heterocycles. The van der Waals surface area contributed by atoms with Crippen LogP contribution in [-0.4, -0.2) is 58.6 Å². The number of anilines is 2. The molecule has 2 aromatic carbocycles. The third kappa shape index (κ3) is 9.86. The Morgan fingerprint density at radius 2 is 1.05 bits per heavy atom. The quantitative estimate of drug-likeness (QED) is 0.315. The van der Waals surface area contributed by atoms with Crippen LogP contribution in [-0.2, 0) is 40.0 Å². The van der Waals surface area contributed by atoms with Crippen LogP contribution >= 0.6 is 0 Å². The van der Waals surface area contributed by atoms with Gasteiger partial charge in [-0.1, -0.05) is 24.3 Å². The lowest BCUT2D eigenvalue weighted by Crippen LogP contribution is -2.16. The van der Waals surface area contributed by atoms with E-state index < -0.39 is 0 Å². The van der Waals surface area contributed by atoms with E-state index in [0.29, 0.717) is 49.6 Å². The highest BCUT2D eigenvalue weighted by Crippen LogP contribution is 2.16. The molecule has 2 amide bonds. The number of hydrogen-bond acceptors (Lipinski definition) is 9. The topological polar surface area (TPSA) is 137 Å². The molecule has 0 spiro atoms. The van der Waals surface area contributed by atoms with Crippen molar-refractivity contribution in [1.29, 1.82) is 0 Å². The average molecular weight is 583 g/mol. The van der Waals surface area contributed by atoms with Crippen molar-refractivity contribution in [3.05, 3.63) is 95.3 Å². The second-order valence-electron chi connectivity index (χ2n) is 10.1. The van der Waals surface area contributed by atoms with Gasteiger partial charge in [-0.25, -0.2) is 0 Å². The summed E-state index contributed by atoms with van der Waals surface area (Å²) in [7, 11) is 0. The zero-order valence-electron chi connectivity index (χ0n) is 23.8. The molecule has 0 fully saturated rings. The molecule has 222 valence electrons. The molecule has 11 heteroatoms. The SMILES string of the molecule is O=C1Cc2cccc(c2)OCCOCCOc2cccc(c2)CC(=O)Nc2ccc(nn2)CCCCc2ccc(nn2)N1. The zero-order valence-corrected chi connectivity index (χ0v) is 23.8. The highest BCUT2D eigenvalue weighted by Gasteiger charge is 2.09. The van der Waals surface area contributed by atoms with Crippen molar-refractivity contribution < 1.29 is 23.8 Å². The maximum absolute atomic E-state index is 12.6. The summed E-state index contributed by atoms with van der Waals surface area (Å²) in [6.07, 6.45) is 3.68. The summed E-state index contributed by atoms with van der Waals surface area (Å²) in [4.78, 5) is 25.2. The number of ether oxygens (including phenoxy) is 3. The van der Waals surface area contributed by atoms with Gasteiger partial charge < -0.3 is 24.8 Å². The molecule has 0 aliphatic carbocycles. The average Bonchev–Trinajstić information content (AvgIpc) is 3.00. The third-order valence-electron chi connectivity index (χ3n) is 6.61. The first-order chi connectivity index (χ1) is 21.1. The molecule has 7 rings (SSSR count). The van der Waals surface area contributed by atoms with Crippen LogP contribution in [0.5, 0.6) is 11.5 Å². The Balaban J connectivity index is 1.20. The van der Waals surface area contributed by atoms with E-state index in [1.54, 1.807) is 12.1 Å². The Bertz CT molecular complexity index is 1380. The van der Waals surface area contributed by atoms with Crippen LogP contribution in [0.3, 0.4) is 0 Å². The first-order valence-corrected chi connectivity index (χ1v) is 14.4. The molecule has 0 unspecified atom stereocenters. The molecule has 43 heavy (non-hydrogen) atoms. The summed E-state index contributed by atoms with van der Waals surface area (Å²) in [6, 6.07) is 22.1. The molecule has 0 saturated carbocycles. The van der Waals surface area contributed by atoms with Crippen LogP contribution in [0.2, 0.25) is 0 Å². The fraction of sp³-hybridized carbons (Fsp3) is 0.312. The first-order valence-electron chi connectivity index (χ1n) is 14.4. The normalized spacial score (nSPS) is 15.7. The minimum atomic E-state index is -0.185. The van der Waals surface area contributed by atoms with Crippen molar-refractivity contribution >= 4 is 23.5 Å². The van der Waals surface area contributed by atoms with E-state index in [1.165, 1.54) is 0 Å². The molecular weight excluding hydrogens is 548 g/mol. The van der Waals surface area contributed by atoms with Gasteiger partial charge in [0.25, 0.3) is 0 Å². The van der Waals surface area contributed by atoms with Crippen LogP contribution in [0.15, 0.2) is 72.8 Å². The van der Waals surface area contributed by atoms with Crippen molar-refractivity contribution in [2.45, 2.75) is 38.5 Å². The first kappa shape index (κ1) is 29.6. The molecule has 2 aromatic heterocycles. The van der Waals surface area contributed by atoms with E-state index in [0.717, 1.165) is 48.2 Å². The van der Waals surface area contributed by atoms with Gasteiger partial charge >= 0.3 is 0 Å². The lowest BCUT2D eigenvalue weighted by molar-refractivity contribution is -0.116. The lowest BCUT2D eigenvalue weighted by Gasteiger charge is -2.10. The van der Waals surface area contributed by atoms with Gasteiger partial charge in [0.05, 0.1) is 37.4 Å². The number of benzene rings is 2. The molecule has 3 aliphatic rings. The molecular formula is C32H34N6O5. The van der Waals surface area contributed by atoms with Gasteiger partial charge in [-0.2, -0.15) is 10.2 Å². The second-order valence-corrected chi connectivity index (χ2v) is 10.1. The largest absolute Gasteiger partial charge is 0.491 e. The molecule has 8 bridgehead atoms. The predicted molar refractivity (Wildman–Crippen MR) is 160 cm³/mol. The van der Waals surface area contributed by atoms with Crippen molar-refractivity contribution in [3.63, 3.8) is 0 Å². The number of carbonyl (C=O) groups excluding carboxylic acids is 2. The lowest BCUT2D eigenvalue weighted by atomic mass is 10.1. The van der Waals surface area contributed by atoms with Gasteiger partial charge in [0.2, 0.25) is 11.8 Å². The summed E-state index contributed by atoms with van der Waals surface area (Å²) in [5, 5.41) is 22.4. The Kier molecular flexibility index (Phi) is 10.6. The highest BCUT2D eigenvalue weighted by molar-refractivity contribution is 5.91. The van der Waals surface area contributed by atoms with Crippen LogP contribution in [0.25, 0.3) is 0 Å². The molecule has 0 radical (unpaired) electrons. The molecule has 11 nitrogen and oxygen atoms in total. The highest BCUT2D eigenvalue weighted by atomic mass is 16.5. The third-order valence-corrected chi connectivity index (χ3v) is 6.61. The zero-order chi connectivity index (χ0) is 29.7. The van der Waals surface area contributed by atoms with Gasteiger partial charge in [0, 0.05) is 0 Å². The Labute approximate surface area is 250 Å². The molecule has 0 atom stereocenters. The number of nitrogens with one attached hydrogen (secondary N) is 2. The van der Waals surface area contributed by atoms with Crippen molar-refractivity contribution in [2.24, 2.45) is 0 Å². The number of aromatic nitrogens is 4. The summed E-state index contributed by atoms with van der Waals surface area (Å²) in [5.41, 5.74) is 3.35. The van der Waals surface area contributed by atoms with Gasteiger partial charge in [-0.15, -0.1) is 10.2 Å². The van der Waals surface area contributed by atoms with Gasteiger partial charge in [-0.3, -0.25) is 9.59 Å². The minimum Gasteiger partial charge on any atom is -0.491 e. The smallest absolute Gasteiger partial charge is 0.229 e. The summed E-state index contributed by atoms with van der Waals surface area (Å²) in [6.45, 7) is 1.48. The Morgan fingerprint density at radius 1 is 0.558 bits per heavy atom. The standard InChI is InChI=1S/C32H34N6O5/c39-31-21-23-5-3-9-27(19-23)42-17-15-41-16-18-43-28-10-4-6-24(20-28)22-32(40)34-30-14-12-26(36-38-30)8-2-1-7-25-11-13-29(33-31)37-35-25/h3-6,9-14,19-20H,1-2,7-8,15-18,21-22H2,(H,33,37,39)(H,34,38,40). The number of aryl methyl sites for hydroxylation is 2. The van der Waals surface area contributed by atoms with E-state index in [4.69, 9.17) is 14.2 Å². The maximum Gasteiger partial charge on any atom is 0.229 e. The van der Waals surface area contributed by atoms with Crippen molar-refractivity contribution in [3.8, 4) is 11.5 Å². The van der Waals surface area contributed by atoms with Crippen molar-refractivity contribution in [1.82, 2.24) is 20.4 Å². The van der Waals surface area contributed by atoms with Crippen LogP contribution in [0.1, 0.15) is 35.4 Å². The van der Waals surface area contributed by atoms with Gasteiger partial charge in [0.15, 0.2) is 11.6 Å². The molecule has 0 saturated heterocycles. The summed E-state index contributed by atoms with van der Waals surface area (Å²) >= 11 is 0. The van der Waals surface area contributed by atoms with E-state index in [9.17, 15) is 9.59 Å². The number of nitrogens with zero attached hydrogens (tertiary/aromatic N) is 4. The number of amides is 2. The summed E-state index contributed by atoms with van der Waals surface area (Å²) in [5.74, 6) is 1.77. The number of fused-ring (bicyclic) bond motifs is 2. The predicted octanol–water partition coefficient (Wildman–Crippen LogP) is 3.98. The molecule has 2 N–H and O–H groups in total. The fourth-order valence-corrected chi connectivity index (χ4v) is 4.51. The van der Waals surface area contributed by atoms with Crippen LogP contribution in [0, 0.1) is 0 Å². The monoisotopic (exact) mass is 582 g/mol.